The van der Waals surface area contributed by atoms with Gasteiger partial charge in [-0.25, -0.2) is 4.98 Å². The first-order valence-electron chi connectivity index (χ1n) is 9.38. The summed E-state index contributed by atoms with van der Waals surface area (Å²) in [5, 5.41) is 10.00. The maximum Gasteiger partial charge on any atom is 0.303 e. The molecule has 0 unspecified atom stereocenters. The number of carboxylic acids is 1. The van der Waals surface area contributed by atoms with Crippen LogP contribution in [0.4, 0.5) is 5.69 Å². The number of carbonyl (C=O) groups is 1. The van der Waals surface area contributed by atoms with Crippen LogP contribution in [0.3, 0.4) is 0 Å². The number of para-hydroxylation sites is 2. The largest absolute Gasteiger partial charge is 0.481 e. The summed E-state index contributed by atoms with van der Waals surface area (Å²) in [6, 6.07) is 24.8. The highest BCUT2D eigenvalue weighted by molar-refractivity contribution is 7.21. The molecule has 28 heavy (non-hydrogen) atoms. The standard InChI is InChI=1S/C23H20N2O2S/c26-23(27)12-6-7-15-25(17-8-2-1-3-9-17)18-13-14-20-22(16-18)28-21-11-5-4-10-19(21)24-20/h1-5,8-11,13-14,16H,6-7,12,15H2/p+1. The van der Waals surface area contributed by atoms with Crippen molar-refractivity contribution in [1.82, 2.24) is 9.56 Å². The van der Waals surface area contributed by atoms with E-state index in [4.69, 9.17) is 10.1 Å². The minimum atomic E-state index is -0.739. The molecule has 1 aliphatic carbocycles. The van der Waals surface area contributed by atoms with Crippen LogP contribution in [0.1, 0.15) is 19.3 Å². The van der Waals surface area contributed by atoms with Crippen molar-refractivity contribution < 1.29 is 9.90 Å². The fraction of sp³-hybridized carbons (Fsp3) is 0.174. The second-order valence-corrected chi connectivity index (χ2v) is 7.76. The molecule has 0 radical (unpaired) electrons. The highest BCUT2D eigenvalue weighted by Crippen LogP contribution is 2.29. The van der Waals surface area contributed by atoms with Gasteiger partial charge in [-0.1, -0.05) is 30.3 Å². The number of hydrogen-bond acceptors (Lipinski definition) is 3. The van der Waals surface area contributed by atoms with Gasteiger partial charge in [-0.15, -0.1) is 11.3 Å². The molecule has 0 amide bonds. The Bertz CT molecular complexity index is 1150. The van der Waals surface area contributed by atoms with Crippen LogP contribution < -0.4 is 9.93 Å². The lowest BCUT2D eigenvalue weighted by atomic mass is 10.2. The van der Waals surface area contributed by atoms with Gasteiger partial charge in [0.2, 0.25) is 11.0 Å². The minimum Gasteiger partial charge on any atom is -0.481 e. The van der Waals surface area contributed by atoms with Gasteiger partial charge in [-0.3, -0.25) is 4.79 Å². The minimum absolute atomic E-state index is 0.207. The van der Waals surface area contributed by atoms with E-state index in [-0.39, 0.29) is 6.42 Å². The van der Waals surface area contributed by atoms with Crippen molar-refractivity contribution in [1.29, 1.82) is 0 Å². The maximum absolute atomic E-state index is 10.8. The topological polar surface area (TPSA) is 53.2 Å². The summed E-state index contributed by atoms with van der Waals surface area (Å²) in [4.78, 5) is 16.7. The Morgan fingerprint density at radius 1 is 0.964 bits per heavy atom. The quantitative estimate of drug-likeness (QED) is 0.294. The monoisotopic (exact) mass is 389 g/mol. The molecule has 0 saturated heterocycles. The Morgan fingerprint density at radius 2 is 1.75 bits per heavy atom. The molecule has 0 bridgehead atoms. The number of fused-ring (bicyclic) bond motifs is 2. The fourth-order valence-electron chi connectivity index (χ4n) is 3.29. The second kappa shape index (κ2) is 8.31. The van der Waals surface area contributed by atoms with E-state index < -0.39 is 5.97 Å². The molecule has 2 aromatic rings. The number of rotatable bonds is 6. The van der Waals surface area contributed by atoms with Crippen LogP contribution in [0.25, 0.3) is 20.8 Å². The predicted molar refractivity (Wildman–Crippen MR) is 114 cm³/mol. The lowest BCUT2D eigenvalue weighted by molar-refractivity contribution is -0.137. The third-order valence-corrected chi connectivity index (χ3v) is 5.78. The van der Waals surface area contributed by atoms with Crippen LogP contribution >= 0.6 is 11.3 Å². The van der Waals surface area contributed by atoms with Gasteiger partial charge in [0.25, 0.3) is 0 Å². The van der Waals surface area contributed by atoms with Gasteiger partial charge in [0.05, 0.1) is 20.8 Å². The number of aliphatic carboxylic acids is 1. The normalized spacial score (nSPS) is 12.3. The predicted octanol–water partition coefficient (Wildman–Crippen LogP) is 4.76. The van der Waals surface area contributed by atoms with E-state index >= 15 is 0 Å². The van der Waals surface area contributed by atoms with Crippen molar-refractivity contribution in [3.8, 4) is 10.6 Å². The summed E-state index contributed by atoms with van der Waals surface area (Å²) in [5.74, 6) is -0.739. The molecule has 0 aromatic heterocycles. The molecule has 5 heteroatoms. The van der Waals surface area contributed by atoms with Crippen LogP contribution in [0, 0.1) is 0 Å². The van der Waals surface area contributed by atoms with Gasteiger partial charge in [0, 0.05) is 37.1 Å². The maximum atomic E-state index is 10.8. The summed E-state index contributed by atoms with van der Waals surface area (Å²) in [6.07, 6.45) is 1.69. The van der Waals surface area contributed by atoms with Gasteiger partial charge >= 0.3 is 5.97 Å². The van der Waals surface area contributed by atoms with Crippen molar-refractivity contribution in [2.75, 3.05) is 6.54 Å². The van der Waals surface area contributed by atoms with Crippen molar-refractivity contribution in [3.05, 3.63) is 78.2 Å². The zero-order valence-corrected chi connectivity index (χ0v) is 16.2. The molecule has 1 N–H and O–H groups in total. The molecule has 4 rings (SSSR count). The summed E-state index contributed by atoms with van der Waals surface area (Å²) in [6.45, 7) is 0.772. The first-order valence-corrected chi connectivity index (χ1v) is 10.2. The number of nitrogens with zero attached hydrogens (tertiary/aromatic N) is 2. The second-order valence-electron chi connectivity index (χ2n) is 6.67. The van der Waals surface area contributed by atoms with Crippen LogP contribution in [-0.2, 0) is 4.79 Å². The summed E-state index contributed by atoms with van der Waals surface area (Å²) in [7, 11) is 0. The first-order chi connectivity index (χ1) is 13.7. The highest BCUT2D eigenvalue weighted by Gasteiger charge is 2.14. The summed E-state index contributed by atoms with van der Waals surface area (Å²) in [5.41, 5.74) is 3.11. The zero-order chi connectivity index (χ0) is 19.3. The number of benzene rings is 3. The number of carboxylic acid groups (broad SMARTS) is 1. The molecule has 140 valence electrons. The molecular weight excluding hydrogens is 368 g/mol. The highest BCUT2D eigenvalue weighted by atomic mass is 32.1. The fourth-order valence-corrected chi connectivity index (χ4v) is 4.29. The molecule has 2 aromatic carbocycles. The average Bonchev–Trinajstić information content (AvgIpc) is 2.72. The van der Waals surface area contributed by atoms with E-state index in [0.717, 1.165) is 40.1 Å². The van der Waals surface area contributed by atoms with E-state index in [1.807, 2.05) is 36.4 Å². The lowest BCUT2D eigenvalue weighted by Crippen LogP contribution is -2.26. The molecule has 2 aliphatic rings. The molecule has 4 nitrogen and oxygen atoms in total. The molecule has 0 fully saturated rings. The Morgan fingerprint density at radius 3 is 2.57 bits per heavy atom. The van der Waals surface area contributed by atoms with E-state index in [1.54, 1.807) is 11.3 Å². The SMILES string of the molecule is O=C(O)CCCC[N+](c1ccccc1)=c1ccc2nc3ccccc3sc-2c1. The van der Waals surface area contributed by atoms with Crippen molar-refractivity contribution in [2.45, 2.75) is 19.3 Å². The zero-order valence-electron chi connectivity index (χ0n) is 15.4. The summed E-state index contributed by atoms with van der Waals surface area (Å²) >= 11 is 1.74. The van der Waals surface area contributed by atoms with Gasteiger partial charge in [-0.2, -0.15) is 4.58 Å². The number of unbranched alkanes of at least 4 members (excludes halogenated alkanes) is 1. The Hall–Kier alpha value is -3.05. The smallest absolute Gasteiger partial charge is 0.303 e. The first kappa shape index (κ1) is 18.3. The molecule has 0 saturated carbocycles. The van der Waals surface area contributed by atoms with E-state index in [1.165, 1.54) is 4.70 Å². The van der Waals surface area contributed by atoms with E-state index in [2.05, 4.69) is 41.0 Å². The van der Waals surface area contributed by atoms with Crippen LogP contribution in [0.5, 0.6) is 0 Å². The third-order valence-electron chi connectivity index (χ3n) is 4.67. The Kier molecular flexibility index (Phi) is 5.44. The van der Waals surface area contributed by atoms with Gasteiger partial charge in [0.1, 0.15) is 6.54 Å². The molecule has 0 spiro atoms. The number of aromatic nitrogens is 1. The van der Waals surface area contributed by atoms with Crippen LogP contribution in [0.2, 0.25) is 0 Å². The molecule has 0 atom stereocenters. The average molecular weight is 390 g/mol. The van der Waals surface area contributed by atoms with Crippen molar-refractivity contribution in [2.24, 2.45) is 0 Å². The Balaban J connectivity index is 1.80. The molecule has 1 aliphatic heterocycles. The third kappa shape index (κ3) is 4.10. The molecular formula is C23H21N2O2S+. The van der Waals surface area contributed by atoms with E-state index in [0.29, 0.717) is 6.42 Å². The summed E-state index contributed by atoms with van der Waals surface area (Å²) < 4.78 is 3.42. The lowest BCUT2D eigenvalue weighted by Gasteiger charge is -2.07. The van der Waals surface area contributed by atoms with Crippen molar-refractivity contribution in [3.63, 3.8) is 0 Å². The van der Waals surface area contributed by atoms with Crippen LogP contribution in [-0.4, -0.2) is 22.6 Å². The number of hydrogen-bond donors (Lipinski definition) is 1. The van der Waals surface area contributed by atoms with Gasteiger partial charge in [0.15, 0.2) is 0 Å². The van der Waals surface area contributed by atoms with Crippen LogP contribution in [0.15, 0.2) is 72.8 Å². The van der Waals surface area contributed by atoms with E-state index in [9.17, 15) is 4.79 Å². The molecule has 1 heterocycles. The Labute approximate surface area is 167 Å². The van der Waals surface area contributed by atoms with Crippen molar-refractivity contribution >= 4 is 33.2 Å². The van der Waals surface area contributed by atoms with Gasteiger partial charge in [-0.05, 0) is 24.6 Å². The van der Waals surface area contributed by atoms with Gasteiger partial charge < -0.3 is 5.11 Å².